The Hall–Kier alpha value is -0.870. The Bertz CT molecular complexity index is 413. The van der Waals surface area contributed by atoms with Crippen molar-refractivity contribution in [1.29, 1.82) is 0 Å². The van der Waals surface area contributed by atoms with Gasteiger partial charge in [-0.2, -0.15) is 11.8 Å². The molecule has 2 fully saturated rings. The van der Waals surface area contributed by atoms with E-state index in [9.17, 15) is 9.59 Å². The lowest BCUT2D eigenvalue weighted by Gasteiger charge is -2.16. The highest BCUT2D eigenvalue weighted by Crippen LogP contribution is 2.33. The Morgan fingerprint density at radius 3 is 2.83 bits per heavy atom. The topological polar surface area (TPSA) is 112 Å². The quantitative estimate of drug-likeness (QED) is 0.193. The number of fused-ring (bicyclic) bond motifs is 1. The molecule has 2 aliphatic heterocycles. The van der Waals surface area contributed by atoms with Crippen LogP contribution in [-0.2, 0) is 19.1 Å². The van der Waals surface area contributed by atoms with Crippen LogP contribution in [-0.4, -0.2) is 55.1 Å². The minimum atomic E-state index is -0.0475. The Kier molecular flexibility index (Phi) is 8.82. The van der Waals surface area contributed by atoms with Crippen LogP contribution in [0.2, 0.25) is 0 Å². The molecule has 0 saturated carbocycles. The highest BCUT2D eigenvalue weighted by Gasteiger charge is 2.42. The lowest BCUT2D eigenvalue weighted by molar-refractivity contribution is -0.134. The number of ether oxygens (including phenoxy) is 2. The molecule has 0 radical (unpaired) electrons. The summed E-state index contributed by atoms with van der Waals surface area (Å²) in [5.74, 6) is 6.05. The van der Waals surface area contributed by atoms with Gasteiger partial charge in [-0.1, -0.05) is 6.42 Å². The van der Waals surface area contributed by atoms with Crippen molar-refractivity contribution < 1.29 is 23.9 Å². The molecular weight excluding hydrogens is 334 g/mol. The van der Waals surface area contributed by atoms with Gasteiger partial charge in [-0.3, -0.25) is 9.63 Å². The van der Waals surface area contributed by atoms with Crippen LogP contribution in [0, 0.1) is 0 Å². The number of ketones is 1. The molecule has 8 nitrogen and oxygen atoms in total. The molecule has 0 aliphatic carbocycles. The van der Waals surface area contributed by atoms with Gasteiger partial charge in [0.1, 0.15) is 12.6 Å². The van der Waals surface area contributed by atoms with Gasteiger partial charge in [-0.05, 0) is 19.3 Å². The first-order chi connectivity index (χ1) is 11.7. The zero-order valence-electron chi connectivity index (χ0n) is 13.8. The van der Waals surface area contributed by atoms with Crippen molar-refractivity contribution in [3.8, 4) is 0 Å². The van der Waals surface area contributed by atoms with Crippen LogP contribution in [0.5, 0.6) is 0 Å². The molecule has 138 valence electrons. The van der Waals surface area contributed by atoms with E-state index >= 15 is 0 Å². The summed E-state index contributed by atoms with van der Waals surface area (Å²) in [4.78, 5) is 27.3. The van der Waals surface area contributed by atoms with Gasteiger partial charge in [-0.25, -0.2) is 10.7 Å². The summed E-state index contributed by atoms with van der Waals surface area (Å²) in [6.45, 7) is 0.613. The maximum Gasteiger partial charge on any atom is 0.315 e. The van der Waals surface area contributed by atoms with Crippen molar-refractivity contribution >= 4 is 23.6 Å². The Balaban J connectivity index is 1.43. The summed E-state index contributed by atoms with van der Waals surface area (Å²) in [5.41, 5.74) is 0. The Labute approximate surface area is 146 Å². The molecule has 2 rings (SSSR count). The number of carbonyl (C=O) groups is 2. The number of nitrogens with one attached hydrogen (secondary N) is 2. The molecule has 0 bridgehead atoms. The second kappa shape index (κ2) is 10.9. The van der Waals surface area contributed by atoms with Gasteiger partial charge in [0.05, 0.1) is 12.1 Å². The van der Waals surface area contributed by atoms with E-state index in [0.717, 1.165) is 25.0 Å². The molecule has 0 aromatic carbocycles. The number of carbonyl (C=O) groups excluding carboxylic acids is 2. The van der Waals surface area contributed by atoms with Gasteiger partial charge in [0.15, 0.2) is 6.79 Å². The van der Waals surface area contributed by atoms with Crippen LogP contribution in [0.4, 0.5) is 4.79 Å². The predicted molar refractivity (Wildman–Crippen MR) is 90.2 cm³/mol. The van der Waals surface area contributed by atoms with Gasteiger partial charge < -0.3 is 20.1 Å². The van der Waals surface area contributed by atoms with E-state index in [-0.39, 0.29) is 37.5 Å². The standard InChI is InChI=1S/C15H27N3O5S/c16-23-10-22-9-21-7-3-5-11(19)4-1-2-6-13-14-12(8-24-13)17-15(20)18-14/h12-14H,1-10,16H2,(H2,17,18,20)/t12?,13-,14?/m1/s1. The highest BCUT2D eigenvalue weighted by molar-refractivity contribution is 8.00. The number of thioether (sulfide) groups is 1. The van der Waals surface area contributed by atoms with Crippen molar-refractivity contribution in [2.24, 2.45) is 5.90 Å². The summed E-state index contributed by atoms with van der Waals surface area (Å²) >= 11 is 1.91. The number of hydrogen-bond acceptors (Lipinski definition) is 7. The largest absolute Gasteiger partial charge is 0.355 e. The third-order valence-electron chi connectivity index (χ3n) is 4.19. The van der Waals surface area contributed by atoms with Crippen molar-refractivity contribution in [2.45, 2.75) is 55.9 Å². The first kappa shape index (κ1) is 19.5. The van der Waals surface area contributed by atoms with Crippen molar-refractivity contribution in [1.82, 2.24) is 10.6 Å². The van der Waals surface area contributed by atoms with Gasteiger partial charge in [0.25, 0.3) is 0 Å². The number of Topliss-reactive ketones (excluding diaryl/α,β-unsaturated/α-hetero) is 1. The summed E-state index contributed by atoms with van der Waals surface area (Å²) in [5, 5.41) is 6.40. The molecule has 24 heavy (non-hydrogen) atoms. The minimum Gasteiger partial charge on any atom is -0.355 e. The minimum absolute atomic E-state index is 0.000439. The molecule has 2 heterocycles. The second-order valence-electron chi connectivity index (χ2n) is 6.02. The van der Waals surface area contributed by atoms with E-state index in [0.29, 0.717) is 31.1 Å². The van der Waals surface area contributed by atoms with Crippen LogP contribution < -0.4 is 16.5 Å². The third-order valence-corrected chi connectivity index (χ3v) is 5.70. The second-order valence-corrected chi connectivity index (χ2v) is 7.30. The van der Waals surface area contributed by atoms with Crippen molar-refractivity contribution in [2.75, 3.05) is 25.9 Å². The number of unbranched alkanes of at least 4 members (excludes halogenated alkanes) is 1. The van der Waals surface area contributed by atoms with Crippen LogP contribution in [0.1, 0.15) is 38.5 Å². The van der Waals surface area contributed by atoms with Crippen LogP contribution >= 0.6 is 11.8 Å². The maximum absolute atomic E-state index is 11.8. The Morgan fingerprint density at radius 2 is 2.00 bits per heavy atom. The molecule has 3 atom stereocenters. The van der Waals surface area contributed by atoms with E-state index in [1.54, 1.807) is 0 Å². The van der Waals surface area contributed by atoms with Gasteiger partial charge >= 0.3 is 6.03 Å². The lowest BCUT2D eigenvalue weighted by atomic mass is 10.0. The average molecular weight is 361 g/mol. The summed E-state index contributed by atoms with van der Waals surface area (Å²) in [7, 11) is 0. The predicted octanol–water partition coefficient (Wildman–Crippen LogP) is 0.900. The fourth-order valence-corrected chi connectivity index (χ4v) is 4.55. The zero-order valence-corrected chi connectivity index (χ0v) is 14.6. The molecule has 2 unspecified atom stereocenters. The number of nitrogens with two attached hydrogens (primary N) is 1. The number of urea groups is 1. The van der Waals surface area contributed by atoms with Crippen LogP contribution in [0.3, 0.4) is 0 Å². The fourth-order valence-electron chi connectivity index (χ4n) is 3.01. The maximum atomic E-state index is 11.8. The SMILES string of the molecule is NOCOCOCCCC(=O)CCCC[C@H]1SCC2NC(=O)NC21. The van der Waals surface area contributed by atoms with E-state index < -0.39 is 0 Å². The smallest absolute Gasteiger partial charge is 0.315 e. The van der Waals surface area contributed by atoms with Crippen LogP contribution in [0.15, 0.2) is 0 Å². The molecule has 2 saturated heterocycles. The van der Waals surface area contributed by atoms with E-state index in [1.807, 2.05) is 11.8 Å². The number of hydrogen-bond donors (Lipinski definition) is 3. The fraction of sp³-hybridized carbons (Fsp3) is 0.867. The highest BCUT2D eigenvalue weighted by atomic mass is 32.2. The molecule has 0 aromatic heterocycles. The number of amides is 2. The summed E-state index contributed by atoms with van der Waals surface area (Å²) < 4.78 is 10.0. The Morgan fingerprint density at radius 1 is 1.17 bits per heavy atom. The van der Waals surface area contributed by atoms with E-state index in [4.69, 9.17) is 15.4 Å². The monoisotopic (exact) mass is 361 g/mol. The molecular formula is C15H27N3O5S. The van der Waals surface area contributed by atoms with Crippen molar-refractivity contribution in [3.05, 3.63) is 0 Å². The number of rotatable bonds is 13. The van der Waals surface area contributed by atoms with Crippen LogP contribution in [0.25, 0.3) is 0 Å². The van der Waals surface area contributed by atoms with Gasteiger partial charge in [0.2, 0.25) is 0 Å². The molecule has 0 aromatic rings. The molecule has 4 N–H and O–H groups in total. The molecule has 9 heteroatoms. The third kappa shape index (κ3) is 6.56. The summed E-state index contributed by atoms with van der Waals surface area (Å²) in [6, 6.07) is 0.477. The first-order valence-corrected chi connectivity index (χ1v) is 9.43. The van der Waals surface area contributed by atoms with E-state index in [2.05, 4.69) is 15.5 Å². The first-order valence-electron chi connectivity index (χ1n) is 8.38. The molecule has 0 spiro atoms. The molecule has 2 amide bonds. The van der Waals surface area contributed by atoms with Crippen molar-refractivity contribution in [3.63, 3.8) is 0 Å². The molecule has 2 aliphatic rings. The van der Waals surface area contributed by atoms with E-state index in [1.165, 1.54) is 0 Å². The lowest BCUT2D eigenvalue weighted by Crippen LogP contribution is -2.36. The normalized spacial score (nSPS) is 25.4. The van der Waals surface area contributed by atoms with Gasteiger partial charge in [-0.15, -0.1) is 0 Å². The zero-order chi connectivity index (χ0) is 17.2. The summed E-state index contributed by atoms with van der Waals surface area (Å²) in [6.07, 6.45) is 4.83. The van der Waals surface area contributed by atoms with Gasteiger partial charge in [0, 0.05) is 30.5 Å². The average Bonchev–Trinajstić information content (AvgIpc) is 3.10.